The van der Waals surface area contributed by atoms with Crippen LogP contribution in [0.15, 0.2) is 30.5 Å². The first-order valence-corrected chi connectivity index (χ1v) is 9.44. The lowest BCUT2D eigenvalue weighted by Crippen LogP contribution is -2.15. The molecular weight excluding hydrogens is 413 g/mol. The topological polar surface area (TPSA) is 114 Å². The lowest BCUT2D eigenvalue weighted by Gasteiger charge is -2.08. The molecule has 0 aliphatic heterocycles. The maximum absolute atomic E-state index is 13.0. The molecule has 1 aliphatic carbocycles. The third-order valence-corrected chi connectivity index (χ3v) is 4.92. The van der Waals surface area contributed by atoms with Gasteiger partial charge in [0.1, 0.15) is 0 Å². The highest BCUT2D eigenvalue weighted by Gasteiger charge is 2.35. The van der Waals surface area contributed by atoms with E-state index in [0.29, 0.717) is 22.5 Å². The number of aromatic amines is 1. The Labute approximate surface area is 172 Å². The molecule has 1 aliphatic rings. The Hall–Kier alpha value is -3.83. The lowest BCUT2D eigenvalue weighted by molar-refractivity contribution is -0.144. The Morgan fingerprint density at radius 3 is 2.71 bits per heavy atom. The van der Waals surface area contributed by atoms with Crippen molar-refractivity contribution in [3.05, 3.63) is 53.2 Å². The molecule has 0 radical (unpaired) electrons. The van der Waals surface area contributed by atoms with E-state index >= 15 is 0 Å². The molecule has 2 N–H and O–H groups in total. The number of hydrogen-bond donors (Lipinski definition) is 2. The molecule has 0 unspecified atom stereocenters. The first-order chi connectivity index (χ1) is 14.8. The maximum Gasteiger partial charge on any atom is 0.451 e. The fourth-order valence-corrected chi connectivity index (χ4v) is 3.33. The van der Waals surface area contributed by atoms with Crippen molar-refractivity contribution in [3.8, 4) is 5.82 Å². The van der Waals surface area contributed by atoms with E-state index < -0.39 is 23.9 Å². The van der Waals surface area contributed by atoms with Crippen LogP contribution in [-0.2, 0) is 6.18 Å². The monoisotopic (exact) mass is 428 g/mol. The van der Waals surface area contributed by atoms with E-state index in [1.54, 1.807) is 41.1 Å². The average Bonchev–Trinajstić information content (AvgIpc) is 3.39. The van der Waals surface area contributed by atoms with Crippen molar-refractivity contribution in [2.24, 2.45) is 0 Å². The fourth-order valence-electron chi connectivity index (χ4n) is 3.33. The molecule has 4 heterocycles. The van der Waals surface area contributed by atoms with Gasteiger partial charge in [-0.3, -0.25) is 15.2 Å². The zero-order valence-electron chi connectivity index (χ0n) is 16.1. The number of pyridine rings is 2. The molecule has 0 saturated heterocycles. The Kier molecular flexibility index (Phi) is 4.24. The first kappa shape index (κ1) is 19.2. The Bertz CT molecular complexity index is 1290. The van der Waals surface area contributed by atoms with Crippen LogP contribution in [0, 0.1) is 6.92 Å². The summed E-state index contributed by atoms with van der Waals surface area (Å²) in [7, 11) is 0. The molecule has 0 spiro atoms. The van der Waals surface area contributed by atoms with Crippen LogP contribution >= 0.6 is 0 Å². The summed E-state index contributed by atoms with van der Waals surface area (Å²) in [6.07, 6.45) is -1.17. The number of H-pyrrole nitrogens is 1. The minimum atomic E-state index is -4.69. The van der Waals surface area contributed by atoms with E-state index in [0.717, 1.165) is 18.5 Å². The van der Waals surface area contributed by atoms with Gasteiger partial charge in [-0.2, -0.15) is 27.9 Å². The minimum absolute atomic E-state index is 0.226. The van der Waals surface area contributed by atoms with Crippen LogP contribution in [0.2, 0.25) is 0 Å². The molecule has 31 heavy (non-hydrogen) atoms. The highest BCUT2D eigenvalue weighted by molar-refractivity contribution is 6.12. The van der Waals surface area contributed by atoms with Crippen LogP contribution in [0.4, 0.5) is 19.1 Å². The van der Waals surface area contributed by atoms with Crippen molar-refractivity contribution >= 4 is 22.9 Å². The standard InChI is InChI=1S/C19H15F3N8O/c1-9-14-11(16(31)25-18-26-17(27-28-18)19(20,21)22)8-12(10-5-6-10)24-15(14)30(29-9)13-4-2-3-7-23-13/h2-4,7-8,10H,5-6H2,1H3,(H2,25,26,27,28,31). The second-order valence-electron chi connectivity index (χ2n) is 7.21. The molecule has 4 aromatic rings. The number of nitrogens with zero attached hydrogens (tertiary/aromatic N) is 6. The van der Waals surface area contributed by atoms with Gasteiger partial charge in [0.25, 0.3) is 5.91 Å². The van der Waals surface area contributed by atoms with Gasteiger partial charge in [0.2, 0.25) is 11.8 Å². The summed E-state index contributed by atoms with van der Waals surface area (Å²) >= 11 is 0. The van der Waals surface area contributed by atoms with Crippen LogP contribution in [0.3, 0.4) is 0 Å². The summed E-state index contributed by atoms with van der Waals surface area (Å²) in [6, 6.07) is 7.01. The lowest BCUT2D eigenvalue weighted by atomic mass is 10.1. The van der Waals surface area contributed by atoms with Crippen LogP contribution in [0.1, 0.15) is 46.3 Å². The molecule has 0 atom stereocenters. The van der Waals surface area contributed by atoms with Gasteiger partial charge in [0, 0.05) is 17.8 Å². The van der Waals surface area contributed by atoms with Crippen LogP contribution in [0.5, 0.6) is 0 Å². The van der Waals surface area contributed by atoms with Gasteiger partial charge in [-0.1, -0.05) is 6.07 Å². The van der Waals surface area contributed by atoms with Crippen molar-refractivity contribution in [1.29, 1.82) is 0 Å². The number of aryl methyl sites for hydroxylation is 1. The van der Waals surface area contributed by atoms with Crippen molar-refractivity contribution in [2.45, 2.75) is 31.9 Å². The Balaban J connectivity index is 1.60. The molecule has 158 valence electrons. The predicted octanol–water partition coefficient (Wildman–Crippen LogP) is 3.39. The summed E-state index contributed by atoms with van der Waals surface area (Å²) in [5, 5.41) is 12.5. The van der Waals surface area contributed by atoms with E-state index in [-0.39, 0.29) is 11.5 Å². The summed E-state index contributed by atoms with van der Waals surface area (Å²) in [5.74, 6) is -1.64. The number of halogens is 3. The normalized spacial score (nSPS) is 14.2. The van der Waals surface area contributed by atoms with Crippen LogP contribution in [0.25, 0.3) is 16.9 Å². The van der Waals surface area contributed by atoms with E-state index in [1.807, 2.05) is 6.07 Å². The second-order valence-corrected chi connectivity index (χ2v) is 7.21. The number of aromatic nitrogens is 7. The molecule has 1 saturated carbocycles. The smallest absolute Gasteiger partial charge is 0.289 e. The number of nitrogens with one attached hydrogen (secondary N) is 2. The van der Waals surface area contributed by atoms with Crippen molar-refractivity contribution in [1.82, 2.24) is 34.9 Å². The number of carbonyl (C=O) groups is 1. The van der Waals surface area contributed by atoms with Crippen molar-refractivity contribution in [2.75, 3.05) is 5.32 Å². The number of hydrogen-bond acceptors (Lipinski definition) is 6. The SMILES string of the molecule is Cc1nn(-c2ccccn2)c2nc(C3CC3)cc(C(=O)Nc3n[nH]c(C(F)(F)F)n3)c12. The number of carbonyl (C=O) groups excluding carboxylic acids is 1. The predicted molar refractivity (Wildman–Crippen MR) is 103 cm³/mol. The number of fused-ring (bicyclic) bond motifs is 1. The van der Waals surface area contributed by atoms with Crippen molar-refractivity contribution in [3.63, 3.8) is 0 Å². The molecule has 1 fully saturated rings. The highest BCUT2D eigenvalue weighted by atomic mass is 19.4. The van der Waals surface area contributed by atoms with E-state index in [1.165, 1.54) is 0 Å². The quantitative estimate of drug-likeness (QED) is 0.515. The number of alkyl halides is 3. The summed E-state index contributed by atoms with van der Waals surface area (Å²) < 4.78 is 39.8. The largest absolute Gasteiger partial charge is 0.451 e. The molecular formula is C19H15F3N8O. The molecule has 5 rings (SSSR count). The fraction of sp³-hybridized carbons (Fsp3) is 0.263. The molecule has 1 amide bonds. The highest BCUT2D eigenvalue weighted by Crippen LogP contribution is 2.40. The zero-order chi connectivity index (χ0) is 21.8. The number of amides is 1. The van der Waals surface area contributed by atoms with Crippen molar-refractivity contribution < 1.29 is 18.0 Å². The summed E-state index contributed by atoms with van der Waals surface area (Å²) in [5.41, 5.74) is 1.95. The Morgan fingerprint density at radius 1 is 1.26 bits per heavy atom. The molecule has 0 aromatic carbocycles. The van der Waals surface area contributed by atoms with Gasteiger partial charge in [-0.05, 0) is 38.0 Å². The van der Waals surface area contributed by atoms with Gasteiger partial charge >= 0.3 is 6.18 Å². The Morgan fingerprint density at radius 2 is 2.06 bits per heavy atom. The van der Waals surface area contributed by atoms with E-state index in [2.05, 4.69) is 25.5 Å². The molecule has 0 bridgehead atoms. The summed E-state index contributed by atoms with van der Waals surface area (Å²) in [4.78, 5) is 25.3. The van der Waals surface area contributed by atoms with Crippen LogP contribution in [-0.4, -0.2) is 40.8 Å². The second kappa shape index (κ2) is 6.86. The zero-order valence-corrected chi connectivity index (χ0v) is 16.1. The van der Waals surface area contributed by atoms with Gasteiger partial charge in [0.15, 0.2) is 11.5 Å². The van der Waals surface area contributed by atoms with Crippen LogP contribution < -0.4 is 5.32 Å². The third kappa shape index (κ3) is 3.49. The first-order valence-electron chi connectivity index (χ1n) is 9.44. The molecule has 4 aromatic heterocycles. The van der Waals surface area contributed by atoms with E-state index in [9.17, 15) is 18.0 Å². The maximum atomic E-state index is 13.0. The van der Waals surface area contributed by atoms with Gasteiger partial charge in [-0.25, -0.2) is 9.97 Å². The minimum Gasteiger partial charge on any atom is -0.289 e. The van der Waals surface area contributed by atoms with Gasteiger partial charge in [0.05, 0.1) is 16.6 Å². The molecule has 12 heteroatoms. The third-order valence-electron chi connectivity index (χ3n) is 4.92. The summed E-state index contributed by atoms with van der Waals surface area (Å²) in [6.45, 7) is 1.73. The van der Waals surface area contributed by atoms with Gasteiger partial charge in [-0.15, -0.1) is 5.10 Å². The molecule has 9 nitrogen and oxygen atoms in total. The number of anilines is 1. The van der Waals surface area contributed by atoms with E-state index in [4.69, 9.17) is 4.98 Å². The average molecular weight is 428 g/mol. The number of rotatable bonds is 4. The van der Waals surface area contributed by atoms with Gasteiger partial charge < -0.3 is 0 Å².